The van der Waals surface area contributed by atoms with Crippen molar-refractivity contribution in [3.05, 3.63) is 0 Å². The molecule has 0 N–H and O–H groups in total. The molecule has 1 rings (SSSR count). The molecule has 2 atom stereocenters. The van der Waals surface area contributed by atoms with Crippen molar-refractivity contribution < 1.29 is 28.5 Å². The largest absolute Gasteiger partial charge is 0.354 e. The molecule has 0 bridgehead atoms. The van der Waals surface area contributed by atoms with Gasteiger partial charge >= 0.3 is 0 Å². The first-order valence-electron chi connectivity index (χ1n) is 10.0. The summed E-state index contributed by atoms with van der Waals surface area (Å²) in [6.45, 7) is 8.08. The maximum absolute atomic E-state index is 12.2. The third kappa shape index (κ3) is 9.79. The lowest BCUT2D eigenvalue weighted by atomic mass is 9.97. The van der Waals surface area contributed by atoms with E-state index >= 15 is 0 Å². The fraction of sp³-hybridized carbons (Fsp3) is 0.905. The molecule has 1 aliphatic carbocycles. The van der Waals surface area contributed by atoms with Crippen LogP contribution in [-0.4, -0.2) is 50.1 Å². The molecule has 0 spiro atoms. The monoisotopic (exact) mass is 386 g/mol. The van der Waals surface area contributed by atoms with Crippen molar-refractivity contribution in [1.29, 1.82) is 0 Å². The normalized spacial score (nSPS) is 21.0. The molecule has 2 unspecified atom stereocenters. The van der Waals surface area contributed by atoms with E-state index in [4.69, 9.17) is 18.9 Å². The minimum Gasteiger partial charge on any atom is -0.354 e. The Morgan fingerprint density at radius 1 is 1.00 bits per heavy atom. The van der Waals surface area contributed by atoms with E-state index in [1.54, 1.807) is 14.2 Å². The van der Waals surface area contributed by atoms with Crippen LogP contribution in [0, 0.1) is 5.92 Å². The van der Waals surface area contributed by atoms with Crippen LogP contribution in [0.2, 0.25) is 0 Å². The van der Waals surface area contributed by atoms with E-state index in [1.165, 1.54) is 0 Å². The molecule has 6 nitrogen and oxygen atoms in total. The van der Waals surface area contributed by atoms with E-state index in [-0.39, 0.29) is 23.6 Å². The van der Waals surface area contributed by atoms with Crippen LogP contribution in [0.3, 0.4) is 0 Å². The van der Waals surface area contributed by atoms with Crippen molar-refractivity contribution >= 4 is 11.6 Å². The van der Waals surface area contributed by atoms with Gasteiger partial charge in [-0.3, -0.25) is 9.59 Å². The molecule has 158 valence electrons. The lowest BCUT2D eigenvalue weighted by molar-refractivity contribution is -0.221. The lowest BCUT2D eigenvalue weighted by Gasteiger charge is -2.27. The third-order valence-electron chi connectivity index (χ3n) is 5.19. The molecule has 1 saturated carbocycles. The summed E-state index contributed by atoms with van der Waals surface area (Å²) >= 11 is 0. The zero-order valence-corrected chi connectivity index (χ0v) is 18.0. The van der Waals surface area contributed by atoms with Gasteiger partial charge in [-0.2, -0.15) is 0 Å². The van der Waals surface area contributed by atoms with E-state index in [0.29, 0.717) is 38.7 Å². The van der Waals surface area contributed by atoms with Crippen LogP contribution in [0.25, 0.3) is 0 Å². The highest BCUT2D eigenvalue weighted by molar-refractivity contribution is 5.85. The van der Waals surface area contributed by atoms with Gasteiger partial charge in [0.25, 0.3) is 0 Å². The second-order valence-electron chi connectivity index (χ2n) is 8.29. The van der Waals surface area contributed by atoms with E-state index < -0.39 is 11.6 Å². The number of unbranched alkanes of at least 4 members (excludes halogenated alkanes) is 2. The Morgan fingerprint density at radius 3 is 2.30 bits per heavy atom. The van der Waals surface area contributed by atoms with Crippen molar-refractivity contribution in [2.24, 2.45) is 5.92 Å². The molecule has 1 aliphatic rings. The van der Waals surface area contributed by atoms with Gasteiger partial charge in [0.2, 0.25) is 0 Å². The highest BCUT2D eigenvalue weighted by Gasteiger charge is 2.36. The second-order valence-corrected chi connectivity index (χ2v) is 8.29. The van der Waals surface area contributed by atoms with Gasteiger partial charge in [0.1, 0.15) is 11.6 Å². The molecular formula is C21H38O6. The summed E-state index contributed by atoms with van der Waals surface area (Å²) in [4.78, 5) is 24.2. The van der Waals surface area contributed by atoms with Gasteiger partial charge in [0.05, 0.1) is 6.10 Å². The molecule has 0 amide bonds. The number of ether oxygens (including phenoxy) is 4. The Balaban J connectivity index is 2.15. The zero-order valence-electron chi connectivity index (χ0n) is 18.0. The SMILES string of the molecule is COC(C)(C)OCCCCCC(=O)CCC1CC(OC(C)(C)OC)CC1=O. The van der Waals surface area contributed by atoms with E-state index in [0.717, 1.165) is 19.3 Å². The Bertz CT molecular complexity index is 471. The maximum Gasteiger partial charge on any atom is 0.162 e. The highest BCUT2D eigenvalue weighted by atomic mass is 16.7. The summed E-state index contributed by atoms with van der Waals surface area (Å²) in [5.74, 6) is -0.849. The van der Waals surface area contributed by atoms with Crippen LogP contribution in [0.4, 0.5) is 0 Å². The number of Topliss-reactive ketones (excluding diaryl/α,β-unsaturated/α-hetero) is 2. The molecule has 0 aromatic carbocycles. The van der Waals surface area contributed by atoms with Crippen molar-refractivity contribution in [3.63, 3.8) is 0 Å². The smallest absolute Gasteiger partial charge is 0.162 e. The van der Waals surface area contributed by atoms with Crippen molar-refractivity contribution in [3.8, 4) is 0 Å². The van der Waals surface area contributed by atoms with Gasteiger partial charge in [-0.25, -0.2) is 0 Å². The maximum atomic E-state index is 12.2. The van der Waals surface area contributed by atoms with Gasteiger partial charge in [0.15, 0.2) is 11.6 Å². The summed E-state index contributed by atoms with van der Waals surface area (Å²) in [7, 11) is 3.22. The van der Waals surface area contributed by atoms with Crippen molar-refractivity contribution in [1.82, 2.24) is 0 Å². The summed E-state index contributed by atoms with van der Waals surface area (Å²) < 4.78 is 21.9. The van der Waals surface area contributed by atoms with Gasteiger partial charge in [-0.05, 0) is 53.4 Å². The van der Waals surface area contributed by atoms with Gasteiger partial charge in [-0.1, -0.05) is 6.42 Å². The second kappa shape index (κ2) is 11.2. The van der Waals surface area contributed by atoms with Crippen LogP contribution >= 0.6 is 0 Å². The zero-order chi connectivity index (χ0) is 20.5. The average Bonchev–Trinajstić information content (AvgIpc) is 2.94. The first-order valence-corrected chi connectivity index (χ1v) is 10.0. The number of rotatable bonds is 14. The van der Waals surface area contributed by atoms with Crippen LogP contribution in [0.5, 0.6) is 0 Å². The Morgan fingerprint density at radius 2 is 1.67 bits per heavy atom. The van der Waals surface area contributed by atoms with Crippen LogP contribution in [-0.2, 0) is 28.5 Å². The number of carbonyl (C=O) groups is 2. The van der Waals surface area contributed by atoms with Crippen LogP contribution in [0.1, 0.15) is 79.1 Å². The lowest BCUT2D eigenvalue weighted by Crippen LogP contribution is -2.31. The summed E-state index contributed by atoms with van der Waals surface area (Å²) in [6, 6.07) is 0. The summed E-state index contributed by atoms with van der Waals surface area (Å²) in [5.41, 5.74) is 0. The van der Waals surface area contributed by atoms with Gasteiger partial charge < -0.3 is 18.9 Å². The predicted octanol–water partition coefficient (Wildman–Crippen LogP) is 4.04. The molecule has 6 heteroatoms. The number of ketones is 2. The minimum absolute atomic E-state index is 0.0590. The average molecular weight is 387 g/mol. The Kier molecular flexibility index (Phi) is 10.1. The molecule has 0 aromatic rings. The topological polar surface area (TPSA) is 71.1 Å². The number of hydrogen-bond donors (Lipinski definition) is 0. The van der Waals surface area contributed by atoms with E-state index in [9.17, 15) is 9.59 Å². The fourth-order valence-electron chi connectivity index (χ4n) is 3.18. The first-order chi connectivity index (χ1) is 12.6. The quantitative estimate of drug-likeness (QED) is 0.331. The molecule has 1 fully saturated rings. The molecule has 27 heavy (non-hydrogen) atoms. The molecule has 0 aromatic heterocycles. The molecule has 0 heterocycles. The molecule has 0 radical (unpaired) electrons. The Labute approximate surface area is 164 Å². The molecule has 0 aliphatic heterocycles. The van der Waals surface area contributed by atoms with Gasteiger partial charge in [0, 0.05) is 46.0 Å². The van der Waals surface area contributed by atoms with E-state index in [1.807, 2.05) is 27.7 Å². The first kappa shape index (κ1) is 24.2. The number of carbonyl (C=O) groups excluding carboxylic acids is 2. The van der Waals surface area contributed by atoms with E-state index in [2.05, 4.69) is 0 Å². The number of hydrogen-bond acceptors (Lipinski definition) is 6. The van der Waals surface area contributed by atoms with Crippen molar-refractivity contribution in [2.75, 3.05) is 20.8 Å². The molecular weight excluding hydrogens is 348 g/mol. The van der Waals surface area contributed by atoms with Crippen molar-refractivity contribution in [2.45, 2.75) is 96.7 Å². The van der Waals surface area contributed by atoms with Gasteiger partial charge in [-0.15, -0.1) is 0 Å². The minimum atomic E-state index is -0.683. The van der Waals surface area contributed by atoms with Crippen LogP contribution < -0.4 is 0 Å². The summed E-state index contributed by atoms with van der Waals surface area (Å²) in [6.07, 6.45) is 5.41. The Hall–Kier alpha value is -0.820. The third-order valence-corrected chi connectivity index (χ3v) is 5.19. The standard InChI is InChI=1S/C21H38O6/c1-20(2,24-5)26-13-9-7-8-10-17(22)12-11-16-14-18(15-19(16)23)27-21(3,4)25-6/h16,18H,7-15H2,1-6H3. The predicted molar refractivity (Wildman–Crippen MR) is 103 cm³/mol. The number of methoxy groups -OCH3 is 2. The molecule has 0 saturated heterocycles. The van der Waals surface area contributed by atoms with Crippen LogP contribution in [0.15, 0.2) is 0 Å². The summed E-state index contributed by atoms with van der Waals surface area (Å²) in [5, 5.41) is 0. The highest BCUT2D eigenvalue weighted by Crippen LogP contribution is 2.31. The fourth-order valence-corrected chi connectivity index (χ4v) is 3.18.